The van der Waals surface area contributed by atoms with E-state index in [2.05, 4.69) is 21.0 Å². The third-order valence-corrected chi connectivity index (χ3v) is 5.26. The smallest absolute Gasteiger partial charge is 0.342 e. The summed E-state index contributed by atoms with van der Waals surface area (Å²) in [6.45, 7) is 1.92. The number of aromatic nitrogens is 2. The van der Waals surface area contributed by atoms with E-state index in [0.717, 1.165) is 15.7 Å². The number of hydrogen-bond donors (Lipinski definition) is 0. The average Bonchev–Trinajstić information content (AvgIpc) is 3.21. The lowest BCUT2D eigenvalue weighted by molar-refractivity contribution is 0.0524. The third kappa shape index (κ3) is 4.20. The van der Waals surface area contributed by atoms with Crippen LogP contribution in [0.2, 0.25) is 0 Å². The Kier molecular flexibility index (Phi) is 6.09. The molecule has 0 N–H and O–H groups in total. The number of carbonyl (C=O) groups excluding carboxylic acids is 2. The Bertz CT molecular complexity index is 1220. The van der Waals surface area contributed by atoms with Crippen LogP contribution in [0.15, 0.2) is 89.4 Å². The summed E-state index contributed by atoms with van der Waals surface area (Å²) in [6, 6.07) is 25.8. The fraction of sp³-hybridized carbons (Fsp3) is 0.0800. The van der Waals surface area contributed by atoms with Crippen LogP contribution in [-0.2, 0) is 4.74 Å². The van der Waals surface area contributed by atoms with Crippen LogP contribution in [0.1, 0.15) is 33.3 Å². The van der Waals surface area contributed by atoms with Gasteiger partial charge < -0.3 is 4.74 Å². The molecule has 0 bridgehead atoms. The van der Waals surface area contributed by atoms with E-state index in [1.54, 1.807) is 35.9 Å². The van der Waals surface area contributed by atoms with Gasteiger partial charge in [0.05, 0.1) is 18.0 Å². The van der Waals surface area contributed by atoms with E-state index >= 15 is 0 Å². The normalized spacial score (nSPS) is 10.6. The van der Waals surface area contributed by atoms with Gasteiger partial charge >= 0.3 is 5.97 Å². The van der Waals surface area contributed by atoms with Gasteiger partial charge in [0.25, 0.3) is 0 Å². The minimum Gasteiger partial charge on any atom is -0.462 e. The Labute approximate surface area is 188 Å². The highest BCUT2D eigenvalue weighted by Gasteiger charge is 2.30. The molecule has 4 rings (SSSR count). The van der Waals surface area contributed by atoms with E-state index in [9.17, 15) is 9.59 Å². The zero-order chi connectivity index (χ0) is 21.8. The van der Waals surface area contributed by atoms with Gasteiger partial charge in [0.15, 0.2) is 0 Å². The van der Waals surface area contributed by atoms with Crippen molar-refractivity contribution >= 4 is 27.7 Å². The SMILES string of the molecule is CCOC(=O)c1c(C(=O)c2ccc(Br)cc2)nn(-c2ccccc2)c1-c1ccccc1. The fourth-order valence-corrected chi connectivity index (χ4v) is 3.59. The van der Waals surface area contributed by atoms with Crippen molar-refractivity contribution in [2.24, 2.45) is 0 Å². The van der Waals surface area contributed by atoms with Gasteiger partial charge in [-0.05, 0) is 43.3 Å². The summed E-state index contributed by atoms with van der Waals surface area (Å²) in [5.74, 6) is -0.925. The largest absolute Gasteiger partial charge is 0.462 e. The average molecular weight is 475 g/mol. The molecule has 0 unspecified atom stereocenters. The van der Waals surface area contributed by atoms with Crippen molar-refractivity contribution in [2.45, 2.75) is 6.92 Å². The molecule has 0 fully saturated rings. The first-order valence-corrected chi connectivity index (χ1v) is 10.6. The molecule has 0 amide bonds. The number of para-hydroxylation sites is 1. The van der Waals surface area contributed by atoms with Crippen LogP contribution in [-0.4, -0.2) is 28.1 Å². The van der Waals surface area contributed by atoms with Crippen molar-refractivity contribution in [3.63, 3.8) is 0 Å². The minimum absolute atomic E-state index is 0.0588. The molecule has 0 aliphatic heterocycles. The number of benzene rings is 3. The first-order valence-electron chi connectivity index (χ1n) is 9.81. The van der Waals surface area contributed by atoms with Crippen LogP contribution < -0.4 is 0 Å². The molecule has 0 atom stereocenters. The van der Waals surface area contributed by atoms with Crippen LogP contribution >= 0.6 is 15.9 Å². The first-order chi connectivity index (χ1) is 15.1. The van der Waals surface area contributed by atoms with Crippen LogP contribution in [0.25, 0.3) is 16.9 Å². The summed E-state index contributed by atoms with van der Waals surface area (Å²) < 4.78 is 7.82. The molecule has 0 saturated carbocycles. The Morgan fingerprint density at radius 3 is 2.13 bits per heavy atom. The molecule has 5 nitrogen and oxygen atoms in total. The van der Waals surface area contributed by atoms with Crippen molar-refractivity contribution in [3.8, 4) is 16.9 Å². The van der Waals surface area contributed by atoms with Crippen molar-refractivity contribution in [2.75, 3.05) is 6.61 Å². The van der Waals surface area contributed by atoms with E-state index in [0.29, 0.717) is 11.3 Å². The Morgan fingerprint density at radius 1 is 0.903 bits per heavy atom. The summed E-state index contributed by atoms with van der Waals surface area (Å²) in [6.07, 6.45) is 0. The number of rotatable bonds is 6. The molecule has 0 aliphatic rings. The summed E-state index contributed by atoms with van der Waals surface area (Å²) in [5.41, 5.74) is 2.67. The Balaban J connectivity index is 2.00. The maximum atomic E-state index is 13.4. The molecule has 154 valence electrons. The minimum atomic E-state index is -0.580. The lowest BCUT2D eigenvalue weighted by atomic mass is 10.0. The van der Waals surface area contributed by atoms with Crippen molar-refractivity contribution in [1.29, 1.82) is 0 Å². The predicted octanol–water partition coefficient (Wildman–Crippen LogP) is 5.71. The highest BCUT2D eigenvalue weighted by atomic mass is 79.9. The number of ether oxygens (including phenoxy) is 1. The van der Waals surface area contributed by atoms with Crippen molar-refractivity contribution in [1.82, 2.24) is 9.78 Å². The maximum absolute atomic E-state index is 13.4. The van der Waals surface area contributed by atoms with E-state index in [4.69, 9.17) is 4.74 Å². The number of carbonyl (C=O) groups is 2. The van der Waals surface area contributed by atoms with Crippen LogP contribution in [0.5, 0.6) is 0 Å². The molecule has 4 aromatic rings. The molecular formula is C25H19BrN2O3. The van der Waals surface area contributed by atoms with Crippen LogP contribution in [0.3, 0.4) is 0 Å². The standard InChI is InChI=1S/C25H19BrN2O3/c1-2-31-25(30)21-22(24(29)18-13-15-19(26)16-14-18)27-28(20-11-7-4-8-12-20)23(21)17-9-5-3-6-10-17/h3-16H,2H2,1H3. The second-order valence-corrected chi connectivity index (χ2v) is 7.66. The quantitative estimate of drug-likeness (QED) is 0.265. The van der Waals surface area contributed by atoms with Crippen LogP contribution in [0, 0.1) is 0 Å². The maximum Gasteiger partial charge on any atom is 0.342 e. The third-order valence-electron chi connectivity index (χ3n) is 4.73. The monoisotopic (exact) mass is 474 g/mol. The molecule has 31 heavy (non-hydrogen) atoms. The van der Waals surface area contributed by atoms with Crippen molar-refractivity contribution in [3.05, 3.63) is 106 Å². The second kappa shape index (κ2) is 9.10. The molecule has 3 aromatic carbocycles. The van der Waals surface area contributed by atoms with Gasteiger partial charge in [0.2, 0.25) is 5.78 Å². The van der Waals surface area contributed by atoms with Crippen LogP contribution in [0.4, 0.5) is 0 Å². The number of esters is 1. The Morgan fingerprint density at radius 2 is 1.52 bits per heavy atom. The summed E-state index contributed by atoms with van der Waals surface area (Å²) in [5, 5.41) is 4.61. The zero-order valence-corrected chi connectivity index (χ0v) is 18.4. The molecule has 0 spiro atoms. The van der Waals surface area contributed by atoms with Gasteiger partial charge in [0.1, 0.15) is 11.3 Å². The van der Waals surface area contributed by atoms with Gasteiger partial charge in [-0.25, -0.2) is 9.48 Å². The number of ketones is 1. The topological polar surface area (TPSA) is 61.2 Å². The van der Waals surface area contributed by atoms with E-state index < -0.39 is 5.97 Å². The van der Waals surface area contributed by atoms with Gasteiger partial charge in [-0.3, -0.25) is 4.79 Å². The van der Waals surface area contributed by atoms with E-state index in [-0.39, 0.29) is 23.6 Å². The van der Waals surface area contributed by atoms with Gasteiger partial charge in [0, 0.05) is 15.6 Å². The van der Waals surface area contributed by atoms with E-state index in [1.165, 1.54) is 0 Å². The highest BCUT2D eigenvalue weighted by Crippen LogP contribution is 2.31. The number of halogens is 1. The lowest BCUT2D eigenvalue weighted by Gasteiger charge is -2.10. The van der Waals surface area contributed by atoms with Gasteiger partial charge in [-0.15, -0.1) is 0 Å². The fourth-order valence-electron chi connectivity index (χ4n) is 3.33. The number of nitrogens with zero attached hydrogens (tertiary/aromatic N) is 2. The summed E-state index contributed by atoms with van der Waals surface area (Å²) in [4.78, 5) is 26.5. The lowest BCUT2D eigenvalue weighted by Crippen LogP contribution is -2.12. The van der Waals surface area contributed by atoms with Gasteiger partial charge in [-0.2, -0.15) is 5.10 Å². The molecule has 0 radical (unpaired) electrons. The summed E-state index contributed by atoms with van der Waals surface area (Å²) >= 11 is 3.38. The first kappa shape index (κ1) is 20.8. The van der Waals surface area contributed by atoms with E-state index in [1.807, 2.05) is 60.7 Å². The molecule has 1 aromatic heterocycles. The number of hydrogen-bond acceptors (Lipinski definition) is 4. The molecule has 0 saturated heterocycles. The summed E-state index contributed by atoms with van der Waals surface area (Å²) in [7, 11) is 0. The molecule has 1 heterocycles. The predicted molar refractivity (Wildman–Crippen MR) is 123 cm³/mol. The molecule has 6 heteroatoms. The second-order valence-electron chi connectivity index (χ2n) is 6.74. The molecular weight excluding hydrogens is 456 g/mol. The molecule has 0 aliphatic carbocycles. The highest BCUT2D eigenvalue weighted by molar-refractivity contribution is 9.10. The zero-order valence-electron chi connectivity index (χ0n) is 16.8. The van der Waals surface area contributed by atoms with Crippen molar-refractivity contribution < 1.29 is 14.3 Å². The van der Waals surface area contributed by atoms with Gasteiger partial charge in [-0.1, -0.05) is 64.5 Å². The Hall–Kier alpha value is -3.51.